The van der Waals surface area contributed by atoms with Crippen molar-refractivity contribution in [1.29, 1.82) is 0 Å². The molecule has 2 unspecified atom stereocenters. The van der Waals surface area contributed by atoms with E-state index in [2.05, 4.69) is 5.10 Å². The lowest BCUT2D eigenvalue weighted by Crippen LogP contribution is -2.17. The summed E-state index contributed by atoms with van der Waals surface area (Å²) in [7, 11) is 1.84. The summed E-state index contributed by atoms with van der Waals surface area (Å²) in [6.07, 6.45) is 0.968. The van der Waals surface area contributed by atoms with E-state index in [9.17, 15) is 8.78 Å². The summed E-state index contributed by atoms with van der Waals surface area (Å²) in [5.41, 5.74) is 2.16. The van der Waals surface area contributed by atoms with Crippen LogP contribution in [0, 0.1) is 18.3 Å². The number of nitrogens with zero attached hydrogens (tertiary/aromatic N) is 2. The van der Waals surface area contributed by atoms with Crippen LogP contribution in [0.25, 0.3) is 0 Å². The predicted molar refractivity (Wildman–Crippen MR) is 63.2 cm³/mol. The van der Waals surface area contributed by atoms with Crippen molar-refractivity contribution < 1.29 is 8.78 Å². The molecule has 1 saturated carbocycles. The number of alkyl halides is 2. The highest BCUT2D eigenvalue weighted by Crippen LogP contribution is 2.70. The number of aryl methyl sites for hydroxylation is 2. The molecule has 0 aliphatic heterocycles. The Balaban J connectivity index is 0.000000514. The molecule has 1 aromatic rings. The lowest BCUT2D eigenvalue weighted by atomic mass is 9.88. The zero-order chi connectivity index (χ0) is 13.0. The molecular weight excluding hydrogens is 222 g/mol. The second-order valence-electron chi connectivity index (χ2n) is 5.11. The van der Waals surface area contributed by atoms with Crippen molar-refractivity contribution in [3.05, 3.63) is 17.0 Å². The molecule has 1 fully saturated rings. The van der Waals surface area contributed by atoms with Gasteiger partial charge in [0.05, 0.1) is 5.69 Å². The fourth-order valence-corrected chi connectivity index (χ4v) is 3.06. The van der Waals surface area contributed by atoms with Crippen molar-refractivity contribution in [1.82, 2.24) is 9.78 Å². The Labute approximate surface area is 101 Å². The minimum absolute atomic E-state index is 0.458. The normalized spacial score (nSPS) is 32.1. The topological polar surface area (TPSA) is 17.8 Å². The van der Waals surface area contributed by atoms with E-state index in [4.69, 9.17) is 0 Å². The maximum atomic E-state index is 13.6. The van der Waals surface area contributed by atoms with Gasteiger partial charge in [-0.3, -0.25) is 4.68 Å². The molecule has 96 valence electrons. The smallest absolute Gasteiger partial charge is 0.258 e. The van der Waals surface area contributed by atoms with Crippen molar-refractivity contribution >= 4 is 0 Å². The first-order valence-electron chi connectivity index (χ1n) is 6.27. The van der Waals surface area contributed by atoms with Crippen LogP contribution >= 0.6 is 0 Å². The molecule has 0 saturated heterocycles. The van der Waals surface area contributed by atoms with Crippen molar-refractivity contribution in [3.63, 3.8) is 0 Å². The maximum absolute atomic E-state index is 13.6. The lowest BCUT2D eigenvalue weighted by molar-refractivity contribution is 0.0629. The van der Waals surface area contributed by atoms with E-state index in [-0.39, 0.29) is 0 Å². The highest BCUT2D eigenvalue weighted by atomic mass is 19.3. The Bertz CT molecular complexity index is 451. The van der Waals surface area contributed by atoms with Gasteiger partial charge in [0, 0.05) is 30.5 Å². The molecule has 1 aromatic heterocycles. The quantitative estimate of drug-likeness (QED) is 0.683. The van der Waals surface area contributed by atoms with E-state index < -0.39 is 17.3 Å². The van der Waals surface area contributed by atoms with Gasteiger partial charge in [0.25, 0.3) is 5.92 Å². The van der Waals surface area contributed by atoms with Gasteiger partial charge in [0.1, 0.15) is 0 Å². The Morgan fingerprint density at radius 3 is 2.53 bits per heavy atom. The Morgan fingerprint density at radius 2 is 1.94 bits per heavy atom. The van der Waals surface area contributed by atoms with Crippen LogP contribution < -0.4 is 0 Å². The summed E-state index contributed by atoms with van der Waals surface area (Å²) in [5.74, 6) is -2.93. The van der Waals surface area contributed by atoms with Crippen LogP contribution in [0.5, 0.6) is 0 Å². The van der Waals surface area contributed by atoms with Gasteiger partial charge >= 0.3 is 0 Å². The molecule has 3 rings (SSSR count). The first-order valence-corrected chi connectivity index (χ1v) is 6.27. The summed E-state index contributed by atoms with van der Waals surface area (Å²) in [6, 6.07) is 0. The van der Waals surface area contributed by atoms with Gasteiger partial charge in [0.15, 0.2) is 0 Å². The van der Waals surface area contributed by atoms with Crippen LogP contribution in [0.3, 0.4) is 0 Å². The summed E-state index contributed by atoms with van der Waals surface area (Å²) in [5, 5.41) is 4.30. The molecule has 0 bridgehead atoms. The Kier molecular flexibility index (Phi) is 2.60. The minimum atomic E-state index is -2.47. The molecule has 0 aromatic carbocycles. The number of hydrogen-bond acceptors (Lipinski definition) is 1. The van der Waals surface area contributed by atoms with Crippen LogP contribution in [-0.2, 0) is 19.9 Å². The largest absolute Gasteiger partial charge is 0.272 e. The average Bonchev–Trinajstić information content (AvgIpc) is 2.56. The molecular formula is C13H20F2N2. The molecule has 0 amide bonds. The fourth-order valence-electron chi connectivity index (χ4n) is 3.06. The van der Waals surface area contributed by atoms with E-state index >= 15 is 0 Å². The highest BCUT2D eigenvalue weighted by Gasteiger charge is 2.78. The number of rotatable bonds is 0. The van der Waals surface area contributed by atoms with E-state index in [1.165, 1.54) is 0 Å². The van der Waals surface area contributed by atoms with Crippen molar-refractivity contribution in [2.75, 3.05) is 0 Å². The lowest BCUT2D eigenvalue weighted by Gasteiger charge is -2.16. The van der Waals surface area contributed by atoms with Gasteiger partial charge in [-0.2, -0.15) is 5.10 Å². The van der Waals surface area contributed by atoms with Gasteiger partial charge in [0.2, 0.25) is 0 Å². The zero-order valence-electron chi connectivity index (χ0n) is 11.1. The maximum Gasteiger partial charge on any atom is 0.258 e. The molecule has 2 aliphatic rings. The van der Waals surface area contributed by atoms with Crippen LogP contribution in [0.15, 0.2) is 0 Å². The summed E-state index contributed by atoms with van der Waals surface area (Å²) in [4.78, 5) is 0. The first kappa shape index (κ1) is 12.5. The van der Waals surface area contributed by atoms with Crippen molar-refractivity contribution in [3.8, 4) is 0 Å². The standard InChI is InChI=1S/C11H14F2N2.C2H6/c1-6-7-4-9-10(2,11(9,12)13)5-8(7)15(3)14-6;1-2/h9H,4-5H2,1-3H3;1-2H3. The van der Waals surface area contributed by atoms with Crippen LogP contribution in [0.2, 0.25) is 0 Å². The number of aromatic nitrogens is 2. The van der Waals surface area contributed by atoms with Gasteiger partial charge in [-0.25, -0.2) is 8.78 Å². The van der Waals surface area contributed by atoms with Crippen molar-refractivity contribution in [2.24, 2.45) is 18.4 Å². The number of hydrogen-bond donors (Lipinski definition) is 0. The zero-order valence-corrected chi connectivity index (χ0v) is 11.1. The van der Waals surface area contributed by atoms with Crippen LogP contribution in [-0.4, -0.2) is 15.7 Å². The van der Waals surface area contributed by atoms with E-state index in [0.29, 0.717) is 12.8 Å². The predicted octanol–water partition coefficient (Wildman–Crippen LogP) is 3.12. The average molecular weight is 242 g/mol. The van der Waals surface area contributed by atoms with E-state index in [1.54, 1.807) is 11.6 Å². The molecule has 2 aliphatic carbocycles. The molecule has 4 heteroatoms. The van der Waals surface area contributed by atoms with Gasteiger partial charge in [-0.15, -0.1) is 0 Å². The van der Waals surface area contributed by atoms with E-state index in [1.807, 2.05) is 27.8 Å². The highest BCUT2D eigenvalue weighted by molar-refractivity contribution is 5.37. The second kappa shape index (κ2) is 3.53. The molecule has 0 spiro atoms. The molecule has 1 heterocycles. The molecule has 0 radical (unpaired) electrons. The third-order valence-corrected chi connectivity index (χ3v) is 4.30. The SMILES string of the molecule is CC.Cc1nn(C)c2c1CC1C(F)(F)C1(C)C2. The number of fused-ring (bicyclic) bond motifs is 2. The van der Waals surface area contributed by atoms with Crippen LogP contribution in [0.4, 0.5) is 8.78 Å². The fraction of sp³-hybridized carbons (Fsp3) is 0.769. The monoisotopic (exact) mass is 242 g/mol. The molecule has 17 heavy (non-hydrogen) atoms. The van der Waals surface area contributed by atoms with E-state index in [0.717, 1.165) is 17.0 Å². The third-order valence-electron chi connectivity index (χ3n) is 4.30. The minimum Gasteiger partial charge on any atom is -0.272 e. The Morgan fingerprint density at radius 1 is 1.35 bits per heavy atom. The third kappa shape index (κ3) is 1.39. The molecule has 2 atom stereocenters. The summed E-state index contributed by atoms with van der Waals surface area (Å²) < 4.78 is 28.9. The Hall–Kier alpha value is -0.930. The van der Waals surface area contributed by atoms with Crippen LogP contribution in [0.1, 0.15) is 37.7 Å². The summed E-state index contributed by atoms with van der Waals surface area (Å²) in [6.45, 7) is 7.60. The van der Waals surface area contributed by atoms with Gasteiger partial charge < -0.3 is 0 Å². The summed E-state index contributed by atoms with van der Waals surface area (Å²) >= 11 is 0. The van der Waals surface area contributed by atoms with Gasteiger partial charge in [-0.1, -0.05) is 20.8 Å². The van der Waals surface area contributed by atoms with Crippen molar-refractivity contribution in [2.45, 2.75) is 46.5 Å². The van der Waals surface area contributed by atoms with Gasteiger partial charge in [-0.05, 0) is 18.9 Å². The molecule has 2 nitrogen and oxygen atoms in total. The first-order chi connectivity index (χ1) is 7.88. The molecule has 0 N–H and O–H groups in total. The number of halogens is 2. The second-order valence-corrected chi connectivity index (χ2v) is 5.11.